The highest BCUT2D eigenvalue weighted by Gasteiger charge is 2.48. The molecule has 1 saturated carbocycles. The second kappa shape index (κ2) is 8.52. The highest BCUT2D eigenvalue weighted by atomic mass is 16.3. The molecule has 1 aromatic carbocycles. The van der Waals surface area contributed by atoms with E-state index in [9.17, 15) is 24.9 Å². The van der Waals surface area contributed by atoms with Crippen LogP contribution in [0.15, 0.2) is 23.8 Å². The first-order valence-corrected chi connectivity index (χ1v) is 11.2. The van der Waals surface area contributed by atoms with Crippen molar-refractivity contribution in [1.29, 1.82) is 0 Å². The van der Waals surface area contributed by atoms with Crippen molar-refractivity contribution >= 4 is 12.1 Å². The Morgan fingerprint density at radius 2 is 1.87 bits per heavy atom. The lowest BCUT2D eigenvalue weighted by Crippen LogP contribution is -2.38. The summed E-state index contributed by atoms with van der Waals surface area (Å²) in [6.45, 7) is 12.3. The molecule has 0 aromatic heterocycles. The van der Waals surface area contributed by atoms with Gasteiger partial charge in [0.2, 0.25) is 0 Å². The number of benzene rings is 1. The highest BCUT2D eigenvalue weighted by molar-refractivity contribution is 6.05. The van der Waals surface area contributed by atoms with Gasteiger partial charge in [-0.05, 0) is 56.3 Å². The normalized spacial score (nSPS) is 27.9. The van der Waals surface area contributed by atoms with E-state index in [2.05, 4.69) is 26.5 Å². The lowest BCUT2D eigenvalue weighted by Gasteiger charge is -2.50. The Hall–Kier alpha value is -2.56. The Balaban J connectivity index is 2.24. The number of phenols is 3. The van der Waals surface area contributed by atoms with Crippen LogP contribution in [0.4, 0.5) is 0 Å². The number of hydrogen-bond acceptors (Lipinski definition) is 5. The Bertz CT molecular complexity index is 957. The van der Waals surface area contributed by atoms with Gasteiger partial charge in [0.25, 0.3) is 0 Å². The van der Waals surface area contributed by atoms with Crippen molar-refractivity contribution in [3.63, 3.8) is 0 Å². The summed E-state index contributed by atoms with van der Waals surface area (Å²) in [5.74, 6) is -1.48. The topological polar surface area (TPSA) is 94.8 Å². The van der Waals surface area contributed by atoms with Gasteiger partial charge in [0, 0.05) is 17.9 Å². The molecule has 168 valence electrons. The molecule has 31 heavy (non-hydrogen) atoms. The van der Waals surface area contributed by atoms with Crippen molar-refractivity contribution < 1.29 is 24.9 Å². The van der Waals surface area contributed by atoms with Gasteiger partial charge in [-0.1, -0.05) is 44.6 Å². The Morgan fingerprint density at radius 3 is 2.45 bits per heavy atom. The molecule has 0 aliphatic heterocycles. The fourth-order valence-electron chi connectivity index (χ4n) is 5.74. The predicted octanol–water partition coefficient (Wildman–Crippen LogP) is 6.03. The van der Waals surface area contributed by atoms with Crippen LogP contribution in [0.1, 0.15) is 98.4 Å². The van der Waals surface area contributed by atoms with Crippen LogP contribution < -0.4 is 0 Å². The number of ketones is 1. The van der Waals surface area contributed by atoms with E-state index in [4.69, 9.17) is 0 Å². The van der Waals surface area contributed by atoms with E-state index < -0.39 is 17.3 Å². The third-order valence-electron chi connectivity index (χ3n) is 7.55. The van der Waals surface area contributed by atoms with Gasteiger partial charge in [0.1, 0.15) is 22.8 Å². The first-order valence-electron chi connectivity index (χ1n) is 11.2. The number of carbonyl (C=O) groups is 2. The van der Waals surface area contributed by atoms with Crippen molar-refractivity contribution in [2.24, 2.45) is 17.3 Å². The van der Waals surface area contributed by atoms with Crippen molar-refractivity contribution in [1.82, 2.24) is 0 Å². The number of hydrogen-bond donors (Lipinski definition) is 3. The smallest absolute Gasteiger partial charge is 0.170 e. The van der Waals surface area contributed by atoms with Crippen LogP contribution in [0, 0.1) is 17.3 Å². The van der Waals surface area contributed by atoms with E-state index in [0.717, 1.165) is 24.8 Å². The molecule has 0 heterocycles. The average Bonchev–Trinajstić information content (AvgIpc) is 2.70. The van der Waals surface area contributed by atoms with Crippen LogP contribution in [0.25, 0.3) is 0 Å². The molecule has 1 fully saturated rings. The van der Waals surface area contributed by atoms with Gasteiger partial charge in [-0.15, -0.1) is 0 Å². The van der Waals surface area contributed by atoms with E-state index in [-0.39, 0.29) is 40.2 Å². The number of allylic oxidation sites excluding steroid dienone is 3. The SMILES string of the molecule is C=C(C)[C@@H]1C=C2[C@@H](C)CC[C@@H](c3c(O)c(C=O)c(O)c(C(=O)CCC)c3O)[C@]2(C)CC1. The number of fused-ring (bicyclic) bond motifs is 1. The quantitative estimate of drug-likeness (QED) is 0.293. The second-order valence-corrected chi connectivity index (χ2v) is 9.60. The predicted molar refractivity (Wildman–Crippen MR) is 121 cm³/mol. The van der Waals surface area contributed by atoms with Gasteiger partial charge in [0.05, 0.1) is 5.56 Å². The molecule has 4 atom stereocenters. The maximum atomic E-state index is 12.7. The number of phenolic OH excluding ortho intramolecular Hbond substituents is 3. The molecule has 0 radical (unpaired) electrons. The molecule has 5 nitrogen and oxygen atoms in total. The molecule has 1 aromatic rings. The van der Waals surface area contributed by atoms with Gasteiger partial charge in [-0.2, -0.15) is 0 Å². The van der Waals surface area contributed by atoms with Crippen LogP contribution >= 0.6 is 0 Å². The Labute approximate surface area is 184 Å². The van der Waals surface area contributed by atoms with Crippen LogP contribution in [0.5, 0.6) is 17.2 Å². The molecule has 0 bridgehead atoms. The Morgan fingerprint density at radius 1 is 1.19 bits per heavy atom. The molecule has 2 aliphatic carbocycles. The summed E-state index contributed by atoms with van der Waals surface area (Å²) in [5, 5.41) is 32.6. The maximum absolute atomic E-state index is 12.7. The summed E-state index contributed by atoms with van der Waals surface area (Å²) in [7, 11) is 0. The van der Waals surface area contributed by atoms with Gasteiger partial charge in [-0.3, -0.25) is 9.59 Å². The second-order valence-electron chi connectivity index (χ2n) is 9.60. The van der Waals surface area contributed by atoms with Gasteiger partial charge < -0.3 is 15.3 Å². The molecule has 3 rings (SSSR count). The lowest BCUT2D eigenvalue weighted by molar-refractivity contribution is 0.0975. The molecular weight excluding hydrogens is 392 g/mol. The van der Waals surface area contributed by atoms with Crippen LogP contribution in [0.2, 0.25) is 0 Å². The molecule has 0 saturated heterocycles. The van der Waals surface area contributed by atoms with Crippen molar-refractivity contribution in [2.75, 3.05) is 0 Å². The largest absolute Gasteiger partial charge is 0.507 e. The van der Waals surface area contributed by atoms with Crippen molar-refractivity contribution in [3.05, 3.63) is 40.5 Å². The van der Waals surface area contributed by atoms with E-state index in [1.165, 1.54) is 5.57 Å². The summed E-state index contributed by atoms with van der Waals surface area (Å²) >= 11 is 0. The minimum Gasteiger partial charge on any atom is -0.507 e. The van der Waals surface area contributed by atoms with Gasteiger partial charge in [0.15, 0.2) is 12.1 Å². The van der Waals surface area contributed by atoms with Gasteiger partial charge in [-0.25, -0.2) is 0 Å². The van der Waals surface area contributed by atoms with Gasteiger partial charge >= 0.3 is 0 Å². The third kappa shape index (κ3) is 3.68. The molecule has 0 unspecified atom stereocenters. The molecule has 3 N–H and O–H groups in total. The number of aldehydes is 1. The van der Waals surface area contributed by atoms with Crippen LogP contribution in [-0.4, -0.2) is 27.4 Å². The first kappa shape index (κ1) is 23.1. The number of carbonyl (C=O) groups excluding carboxylic acids is 2. The summed E-state index contributed by atoms with van der Waals surface area (Å²) in [5.41, 5.74) is 1.71. The van der Waals surface area contributed by atoms with E-state index in [0.29, 0.717) is 31.0 Å². The molecule has 0 amide bonds. The van der Waals surface area contributed by atoms with E-state index in [1.54, 1.807) is 0 Å². The summed E-state index contributed by atoms with van der Waals surface area (Å²) < 4.78 is 0. The van der Waals surface area contributed by atoms with Crippen LogP contribution in [0.3, 0.4) is 0 Å². The fourth-order valence-corrected chi connectivity index (χ4v) is 5.74. The number of Topliss-reactive ketones (excluding diaryl/α,β-unsaturated/α-hetero) is 1. The molecular formula is C26H34O5. The van der Waals surface area contributed by atoms with E-state index in [1.807, 2.05) is 13.8 Å². The standard InChI is InChI=1S/C26H34O5/c1-6-7-20(28)22-24(30)17(13-27)23(29)21(25(22)31)18-9-8-15(4)19-12-16(14(2)3)10-11-26(18,19)5/h12-13,15-16,18,29-31H,2,6-11H2,1,3-5H3/t15-,16-,18-,26-/m0/s1. The number of rotatable bonds is 6. The Kier molecular flexibility index (Phi) is 6.35. The minimum atomic E-state index is -0.636. The van der Waals surface area contributed by atoms with E-state index >= 15 is 0 Å². The summed E-state index contributed by atoms with van der Waals surface area (Å²) in [6, 6.07) is 0. The molecule has 2 aliphatic rings. The molecule has 5 heteroatoms. The average molecular weight is 427 g/mol. The summed E-state index contributed by atoms with van der Waals surface area (Å²) in [4.78, 5) is 24.4. The highest BCUT2D eigenvalue weighted by Crippen LogP contribution is 2.61. The fraction of sp³-hybridized carbons (Fsp3) is 0.538. The van der Waals surface area contributed by atoms with Crippen molar-refractivity contribution in [3.8, 4) is 17.2 Å². The zero-order chi connectivity index (χ0) is 23.1. The van der Waals surface area contributed by atoms with Crippen LogP contribution in [-0.2, 0) is 0 Å². The minimum absolute atomic E-state index is 0.133. The number of aromatic hydroxyl groups is 3. The zero-order valence-corrected chi connectivity index (χ0v) is 19.0. The first-order chi connectivity index (χ1) is 14.6. The summed E-state index contributed by atoms with van der Waals surface area (Å²) in [6.07, 6.45) is 6.66. The lowest BCUT2D eigenvalue weighted by atomic mass is 9.54. The monoisotopic (exact) mass is 426 g/mol. The zero-order valence-electron chi connectivity index (χ0n) is 19.0. The molecule has 0 spiro atoms. The van der Waals surface area contributed by atoms with Crippen molar-refractivity contribution in [2.45, 2.75) is 72.1 Å². The third-order valence-corrected chi connectivity index (χ3v) is 7.55. The maximum Gasteiger partial charge on any atom is 0.170 e.